The lowest BCUT2D eigenvalue weighted by Crippen LogP contribution is -2.27. The Morgan fingerprint density at radius 1 is 1.33 bits per heavy atom. The van der Waals surface area contributed by atoms with Gasteiger partial charge >= 0.3 is 0 Å². The molecule has 1 aromatic carbocycles. The van der Waals surface area contributed by atoms with Crippen molar-refractivity contribution in [3.05, 3.63) is 29.3 Å². The highest BCUT2D eigenvalue weighted by Crippen LogP contribution is 2.29. The third kappa shape index (κ3) is 3.99. The van der Waals surface area contributed by atoms with Crippen LogP contribution in [0.4, 0.5) is 5.69 Å². The Kier molecular flexibility index (Phi) is 5.27. The molecule has 21 heavy (non-hydrogen) atoms. The van der Waals surface area contributed by atoms with Gasteiger partial charge in [0.1, 0.15) is 0 Å². The fraction of sp³-hybridized carbons (Fsp3) is 0.611. The van der Waals surface area contributed by atoms with E-state index in [2.05, 4.69) is 19.2 Å². The highest BCUT2D eigenvalue weighted by molar-refractivity contribution is 5.95. The molecular weight excluding hydrogens is 260 g/mol. The monoisotopic (exact) mass is 288 g/mol. The number of aryl methyl sites for hydroxylation is 1. The van der Waals surface area contributed by atoms with Crippen molar-refractivity contribution in [1.82, 2.24) is 4.90 Å². The summed E-state index contributed by atoms with van der Waals surface area (Å²) in [7, 11) is 3.59. The summed E-state index contributed by atoms with van der Waals surface area (Å²) in [6, 6.07) is 6.51. The Labute approximate surface area is 128 Å². The van der Waals surface area contributed by atoms with E-state index in [4.69, 9.17) is 0 Å². The van der Waals surface area contributed by atoms with E-state index in [9.17, 15) is 4.79 Å². The van der Waals surface area contributed by atoms with Crippen molar-refractivity contribution < 1.29 is 4.79 Å². The average Bonchev–Trinajstić information content (AvgIpc) is 2.49. The number of carbonyl (C=O) groups is 1. The summed E-state index contributed by atoms with van der Waals surface area (Å²) in [6.45, 7) is 4.39. The molecule has 0 saturated heterocycles. The van der Waals surface area contributed by atoms with Crippen molar-refractivity contribution in [1.29, 1.82) is 0 Å². The second-order valence-electron chi connectivity index (χ2n) is 6.51. The number of carbonyl (C=O) groups excluding carboxylic acids is 1. The molecule has 1 aliphatic rings. The summed E-state index contributed by atoms with van der Waals surface area (Å²) in [6.07, 6.45) is 6.44. The Bertz CT molecular complexity index is 496. The zero-order valence-electron chi connectivity index (χ0n) is 13.8. The molecule has 0 bridgehead atoms. The molecule has 1 fully saturated rings. The molecule has 1 saturated carbocycles. The predicted octanol–water partition coefficient (Wildman–Crippen LogP) is 4.08. The lowest BCUT2D eigenvalue weighted by Gasteiger charge is -2.30. The van der Waals surface area contributed by atoms with E-state index in [1.54, 1.807) is 19.0 Å². The number of nitrogens with one attached hydrogen (secondary N) is 1. The number of hydrogen-bond donors (Lipinski definition) is 1. The highest BCUT2D eigenvalue weighted by atomic mass is 16.2. The minimum absolute atomic E-state index is 0.0631. The van der Waals surface area contributed by atoms with Crippen LogP contribution in [0, 0.1) is 12.8 Å². The van der Waals surface area contributed by atoms with Gasteiger partial charge in [-0.15, -0.1) is 0 Å². The average molecular weight is 288 g/mol. The van der Waals surface area contributed by atoms with E-state index in [0.29, 0.717) is 6.04 Å². The summed E-state index contributed by atoms with van der Waals surface area (Å²) in [4.78, 5) is 13.7. The lowest BCUT2D eigenvalue weighted by molar-refractivity contribution is 0.0827. The number of benzene rings is 1. The fourth-order valence-electron chi connectivity index (χ4n) is 3.18. The molecule has 0 aromatic heterocycles. The van der Waals surface area contributed by atoms with Gasteiger partial charge in [0.2, 0.25) is 0 Å². The van der Waals surface area contributed by atoms with Crippen molar-refractivity contribution in [3.8, 4) is 0 Å². The van der Waals surface area contributed by atoms with Gasteiger partial charge in [-0.3, -0.25) is 4.79 Å². The molecule has 0 radical (unpaired) electrons. The minimum Gasteiger partial charge on any atom is -0.382 e. The van der Waals surface area contributed by atoms with Crippen LogP contribution >= 0.6 is 0 Å². The van der Waals surface area contributed by atoms with Gasteiger partial charge in [0.25, 0.3) is 5.91 Å². The molecule has 2 rings (SSSR count). The Hall–Kier alpha value is -1.51. The van der Waals surface area contributed by atoms with Crippen molar-refractivity contribution in [2.24, 2.45) is 5.92 Å². The lowest BCUT2D eigenvalue weighted by atomic mass is 9.84. The van der Waals surface area contributed by atoms with Crippen LogP contribution in [0.15, 0.2) is 18.2 Å². The number of nitrogens with zero attached hydrogens (tertiary/aromatic N) is 1. The molecule has 1 aliphatic carbocycles. The van der Waals surface area contributed by atoms with E-state index in [1.807, 2.05) is 18.2 Å². The number of anilines is 1. The molecule has 0 heterocycles. The van der Waals surface area contributed by atoms with Gasteiger partial charge in [-0.25, -0.2) is 0 Å². The third-order valence-corrected chi connectivity index (χ3v) is 4.61. The molecule has 0 spiro atoms. The van der Waals surface area contributed by atoms with Crippen LogP contribution in [-0.2, 0) is 0 Å². The van der Waals surface area contributed by atoms with Gasteiger partial charge in [0.15, 0.2) is 0 Å². The van der Waals surface area contributed by atoms with Crippen LogP contribution in [0.3, 0.4) is 0 Å². The Morgan fingerprint density at radius 2 is 2.10 bits per heavy atom. The molecule has 2 atom stereocenters. The van der Waals surface area contributed by atoms with Gasteiger partial charge in [0, 0.05) is 31.4 Å². The molecule has 3 heteroatoms. The maximum atomic E-state index is 12.1. The fourth-order valence-corrected chi connectivity index (χ4v) is 3.18. The molecule has 1 N–H and O–H groups in total. The SMILES string of the molecule is CCC1CCCC(Nc2cc(C(=O)N(C)C)ccc2C)C1. The van der Waals surface area contributed by atoms with E-state index in [0.717, 1.165) is 17.2 Å². The van der Waals surface area contributed by atoms with Crippen molar-refractivity contribution in [2.75, 3.05) is 19.4 Å². The quantitative estimate of drug-likeness (QED) is 0.905. The second-order valence-corrected chi connectivity index (χ2v) is 6.51. The van der Waals surface area contributed by atoms with E-state index >= 15 is 0 Å². The zero-order valence-corrected chi connectivity index (χ0v) is 13.8. The first-order valence-electron chi connectivity index (χ1n) is 8.10. The van der Waals surface area contributed by atoms with E-state index in [1.165, 1.54) is 37.7 Å². The largest absolute Gasteiger partial charge is 0.382 e. The zero-order chi connectivity index (χ0) is 15.4. The summed E-state index contributed by atoms with van der Waals surface area (Å²) in [5, 5.41) is 3.68. The molecule has 116 valence electrons. The topological polar surface area (TPSA) is 32.3 Å². The van der Waals surface area contributed by atoms with E-state index in [-0.39, 0.29) is 5.91 Å². The summed E-state index contributed by atoms with van der Waals surface area (Å²) < 4.78 is 0. The number of amides is 1. The summed E-state index contributed by atoms with van der Waals surface area (Å²) in [5.41, 5.74) is 3.09. The van der Waals surface area contributed by atoms with Gasteiger partial charge in [-0.1, -0.05) is 32.3 Å². The van der Waals surface area contributed by atoms with Crippen LogP contribution in [-0.4, -0.2) is 30.9 Å². The molecular formula is C18H28N2O. The molecule has 1 aromatic rings. The molecule has 2 unspecified atom stereocenters. The first kappa shape index (κ1) is 15.9. The van der Waals surface area contributed by atoms with Crippen LogP contribution < -0.4 is 5.32 Å². The third-order valence-electron chi connectivity index (χ3n) is 4.61. The van der Waals surface area contributed by atoms with Crippen LogP contribution in [0.5, 0.6) is 0 Å². The number of rotatable bonds is 4. The summed E-state index contributed by atoms with van der Waals surface area (Å²) >= 11 is 0. The van der Waals surface area contributed by atoms with Crippen molar-refractivity contribution in [3.63, 3.8) is 0 Å². The highest BCUT2D eigenvalue weighted by Gasteiger charge is 2.21. The standard InChI is InChI=1S/C18H28N2O/c1-5-14-7-6-8-16(11-14)19-17-12-15(10-9-13(17)2)18(21)20(3)4/h9-10,12,14,16,19H,5-8,11H2,1-4H3. The first-order valence-corrected chi connectivity index (χ1v) is 8.10. The first-order chi connectivity index (χ1) is 10.0. The minimum atomic E-state index is 0.0631. The maximum Gasteiger partial charge on any atom is 0.253 e. The van der Waals surface area contributed by atoms with Gasteiger partial charge < -0.3 is 10.2 Å². The van der Waals surface area contributed by atoms with E-state index < -0.39 is 0 Å². The Morgan fingerprint density at radius 3 is 2.76 bits per heavy atom. The second kappa shape index (κ2) is 6.97. The molecule has 1 amide bonds. The van der Waals surface area contributed by atoms with Crippen LogP contribution in [0.1, 0.15) is 54.9 Å². The smallest absolute Gasteiger partial charge is 0.253 e. The van der Waals surface area contributed by atoms with Gasteiger partial charge in [-0.05, 0) is 43.4 Å². The maximum absolute atomic E-state index is 12.1. The van der Waals surface area contributed by atoms with Gasteiger partial charge in [-0.2, -0.15) is 0 Å². The van der Waals surface area contributed by atoms with Crippen LogP contribution in [0.2, 0.25) is 0 Å². The van der Waals surface area contributed by atoms with Crippen LogP contribution in [0.25, 0.3) is 0 Å². The normalized spacial score (nSPS) is 21.9. The predicted molar refractivity (Wildman–Crippen MR) is 88.9 cm³/mol. The molecule has 0 aliphatic heterocycles. The summed E-state index contributed by atoms with van der Waals surface area (Å²) in [5.74, 6) is 0.913. The molecule has 3 nitrogen and oxygen atoms in total. The van der Waals surface area contributed by atoms with Crippen molar-refractivity contribution in [2.45, 2.75) is 52.0 Å². The number of hydrogen-bond acceptors (Lipinski definition) is 2. The van der Waals surface area contributed by atoms with Crippen molar-refractivity contribution >= 4 is 11.6 Å². The van der Waals surface area contributed by atoms with Gasteiger partial charge in [0.05, 0.1) is 0 Å². The Balaban J connectivity index is 2.12.